The Bertz CT molecular complexity index is 986. The third-order valence-corrected chi connectivity index (χ3v) is 4.09. The largest absolute Gasteiger partial charge is 0.456 e. The molecule has 2 aromatic carbocycles. The Balaban J connectivity index is 1.39. The van der Waals surface area contributed by atoms with E-state index < -0.39 is 24.4 Å². The second kappa shape index (κ2) is 9.41. The van der Waals surface area contributed by atoms with Crippen molar-refractivity contribution in [3.8, 4) is 0 Å². The quantitative estimate of drug-likeness (QED) is 0.641. The molecule has 0 saturated carbocycles. The molecule has 0 bridgehead atoms. The van der Waals surface area contributed by atoms with E-state index in [-0.39, 0.29) is 12.8 Å². The number of carbonyl (C=O) groups is 3. The monoisotopic (exact) mass is 376 g/mol. The van der Waals surface area contributed by atoms with E-state index in [2.05, 4.69) is 10.3 Å². The summed E-state index contributed by atoms with van der Waals surface area (Å²) in [6, 6.07) is 20.6. The number of aryl methyl sites for hydroxylation is 1. The summed E-state index contributed by atoms with van der Waals surface area (Å²) in [6.45, 7) is -0.482. The zero-order valence-corrected chi connectivity index (χ0v) is 15.3. The van der Waals surface area contributed by atoms with E-state index in [1.54, 1.807) is 12.1 Å². The summed E-state index contributed by atoms with van der Waals surface area (Å²) in [4.78, 5) is 39.9. The van der Waals surface area contributed by atoms with E-state index in [0.717, 1.165) is 22.2 Å². The van der Waals surface area contributed by atoms with Crippen LogP contribution in [0.25, 0.3) is 10.9 Å². The van der Waals surface area contributed by atoms with E-state index in [0.29, 0.717) is 6.42 Å². The number of benzene rings is 2. The lowest BCUT2D eigenvalue weighted by atomic mass is 10.1. The molecule has 0 spiro atoms. The van der Waals surface area contributed by atoms with Gasteiger partial charge < -0.3 is 4.74 Å². The molecule has 6 nitrogen and oxygen atoms in total. The third kappa shape index (κ3) is 5.74. The summed E-state index contributed by atoms with van der Waals surface area (Å²) in [5.74, 6) is -1.59. The van der Waals surface area contributed by atoms with Gasteiger partial charge in [-0.1, -0.05) is 54.6 Å². The van der Waals surface area contributed by atoms with Crippen LogP contribution in [0.4, 0.5) is 0 Å². The van der Waals surface area contributed by atoms with E-state index in [1.165, 1.54) is 0 Å². The minimum absolute atomic E-state index is 0.0914. The van der Waals surface area contributed by atoms with Crippen molar-refractivity contribution in [2.45, 2.75) is 19.3 Å². The molecular weight excluding hydrogens is 356 g/mol. The van der Waals surface area contributed by atoms with Gasteiger partial charge in [0, 0.05) is 17.5 Å². The molecule has 3 aromatic rings. The molecular formula is C22H20N2O4. The van der Waals surface area contributed by atoms with E-state index in [1.807, 2.05) is 54.6 Å². The number of hydrogen-bond donors (Lipinski definition) is 1. The van der Waals surface area contributed by atoms with Crippen molar-refractivity contribution >= 4 is 28.7 Å². The number of aromatic nitrogens is 1. The predicted octanol–water partition coefficient (Wildman–Crippen LogP) is 2.60. The van der Waals surface area contributed by atoms with Gasteiger partial charge in [0.05, 0.1) is 18.4 Å². The highest BCUT2D eigenvalue weighted by molar-refractivity contribution is 5.97. The van der Waals surface area contributed by atoms with Gasteiger partial charge in [-0.25, -0.2) is 0 Å². The van der Waals surface area contributed by atoms with Crippen LogP contribution in [0.5, 0.6) is 0 Å². The lowest BCUT2D eigenvalue weighted by molar-refractivity contribution is -0.149. The number of rotatable bonds is 7. The molecule has 2 amide bonds. The number of para-hydroxylation sites is 1. The summed E-state index contributed by atoms with van der Waals surface area (Å²) in [7, 11) is 0. The molecule has 142 valence electrons. The first kappa shape index (κ1) is 19.2. The molecule has 28 heavy (non-hydrogen) atoms. The fraction of sp³-hybridized carbons (Fsp3) is 0.182. The first-order valence-electron chi connectivity index (χ1n) is 8.97. The van der Waals surface area contributed by atoms with Crippen LogP contribution in [-0.2, 0) is 32.0 Å². The number of pyridine rings is 1. The van der Waals surface area contributed by atoms with Crippen molar-refractivity contribution in [1.82, 2.24) is 10.3 Å². The summed E-state index contributed by atoms with van der Waals surface area (Å²) >= 11 is 0. The highest BCUT2D eigenvalue weighted by Crippen LogP contribution is 2.12. The minimum atomic E-state index is -0.641. The topological polar surface area (TPSA) is 85.4 Å². The van der Waals surface area contributed by atoms with Gasteiger partial charge in [-0.2, -0.15) is 0 Å². The Kier molecular flexibility index (Phi) is 6.46. The van der Waals surface area contributed by atoms with Gasteiger partial charge >= 0.3 is 5.97 Å². The number of ether oxygens (including phenoxy) is 1. The standard InChI is InChI=1S/C22H20N2O4/c25-20(14-16-6-2-1-3-7-16)24-21(26)15-28-22(27)13-12-18-11-10-17-8-4-5-9-19(17)23-18/h1-11H,12-15H2,(H,24,25,26). The maximum absolute atomic E-state index is 11.8. The number of carbonyl (C=O) groups excluding carboxylic acids is 3. The number of amides is 2. The zero-order valence-electron chi connectivity index (χ0n) is 15.3. The normalized spacial score (nSPS) is 10.4. The third-order valence-electron chi connectivity index (χ3n) is 4.09. The van der Waals surface area contributed by atoms with Crippen LogP contribution >= 0.6 is 0 Å². The van der Waals surface area contributed by atoms with Gasteiger partial charge in [0.2, 0.25) is 5.91 Å². The number of esters is 1. The molecule has 0 fully saturated rings. The molecule has 1 aromatic heterocycles. The van der Waals surface area contributed by atoms with Crippen molar-refractivity contribution in [2.75, 3.05) is 6.61 Å². The van der Waals surface area contributed by atoms with Gasteiger partial charge in [0.15, 0.2) is 6.61 Å². The molecule has 0 aliphatic heterocycles. The van der Waals surface area contributed by atoms with Crippen LogP contribution in [0.15, 0.2) is 66.7 Å². The van der Waals surface area contributed by atoms with Crippen LogP contribution in [0, 0.1) is 0 Å². The van der Waals surface area contributed by atoms with E-state index >= 15 is 0 Å². The Morgan fingerprint density at radius 2 is 1.61 bits per heavy atom. The van der Waals surface area contributed by atoms with Crippen molar-refractivity contribution < 1.29 is 19.1 Å². The molecule has 0 aliphatic rings. The second-order valence-corrected chi connectivity index (χ2v) is 6.29. The SMILES string of the molecule is O=C(COC(=O)CCc1ccc2ccccc2n1)NC(=O)Cc1ccccc1. The van der Waals surface area contributed by atoms with E-state index in [4.69, 9.17) is 4.74 Å². The molecule has 1 heterocycles. The van der Waals surface area contributed by atoms with Crippen LogP contribution < -0.4 is 5.32 Å². The molecule has 0 aliphatic carbocycles. The fourth-order valence-electron chi connectivity index (χ4n) is 2.71. The number of nitrogens with zero attached hydrogens (tertiary/aromatic N) is 1. The highest BCUT2D eigenvalue weighted by atomic mass is 16.5. The van der Waals surface area contributed by atoms with Gasteiger partial charge in [-0.05, 0) is 17.7 Å². The maximum atomic E-state index is 11.8. The van der Waals surface area contributed by atoms with E-state index in [9.17, 15) is 14.4 Å². The average molecular weight is 376 g/mol. The van der Waals surface area contributed by atoms with Crippen molar-refractivity contribution in [3.05, 3.63) is 78.0 Å². The number of nitrogens with one attached hydrogen (secondary N) is 1. The molecule has 0 radical (unpaired) electrons. The molecule has 0 unspecified atom stereocenters. The van der Waals surface area contributed by atoms with Crippen LogP contribution in [0.3, 0.4) is 0 Å². The molecule has 6 heteroatoms. The maximum Gasteiger partial charge on any atom is 0.306 e. The van der Waals surface area contributed by atoms with Gasteiger partial charge in [-0.3, -0.25) is 24.7 Å². The molecule has 1 N–H and O–H groups in total. The minimum Gasteiger partial charge on any atom is -0.456 e. The van der Waals surface area contributed by atoms with Gasteiger partial charge in [-0.15, -0.1) is 0 Å². The van der Waals surface area contributed by atoms with Crippen LogP contribution in [0.1, 0.15) is 17.7 Å². The average Bonchev–Trinajstić information content (AvgIpc) is 2.71. The van der Waals surface area contributed by atoms with Crippen molar-refractivity contribution in [1.29, 1.82) is 0 Å². The Morgan fingerprint density at radius 1 is 0.857 bits per heavy atom. The number of imide groups is 1. The Hall–Kier alpha value is -3.54. The number of hydrogen-bond acceptors (Lipinski definition) is 5. The Labute approximate surface area is 162 Å². The zero-order chi connectivity index (χ0) is 19.8. The first-order chi connectivity index (χ1) is 13.6. The summed E-state index contributed by atoms with van der Waals surface area (Å²) in [6.07, 6.45) is 0.614. The van der Waals surface area contributed by atoms with Crippen molar-refractivity contribution in [3.63, 3.8) is 0 Å². The highest BCUT2D eigenvalue weighted by Gasteiger charge is 2.12. The number of fused-ring (bicyclic) bond motifs is 1. The van der Waals surface area contributed by atoms with Crippen LogP contribution in [-0.4, -0.2) is 29.4 Å². The predicted molar refractivity (Wildman–Crippen MR) is 104 cm³/mol. The lowest BCUT2D eigenvalue weighted by Gasteiger charge is -2.06. The van der Waals surface area contributed by atoms with Gasteiger partial charge in [0.1, 0.15) is 0 Å². The Morgan fingerprint density at radius 3 is 2.43 bits per heavy atom. The lowest BCUT2D eigenvalue weighted by Crippen LogP contribution is -2.35. The molecule has 3 rings (SSSR count). The second-order valence-electron chi connectivity index (χ2n) is 6.29. The first-order valence-corrected chi connectivity index (χ1v) is 8.97. The molecule has 0 saturated heterocycles. The van der Waals surface area contributed by atoms with Crippen LogP contribution in [0.2, 0.25) is 0 Å². The van der Waals surface area contributed by atoms with Gasteiger partial charge in [0.25, 0.3) is 5.91 Å². The van der Waals surface area contributed by atoms with Crippen molar-refractivity contribution in [2.24, 2.45) is 0 Å². The summed E-state index contributed by atoms with van der Waals surface area (Å²) < 4.78 is 4.93. The summed E-state index contributed by atoms with van der Waals surface area (Å²) in [5.41, 5.74) is 2.44. The smallest absolute Gasteiger partial charge is 0.306 e. The fourth-order valence-corrected chi connectivity index (χ4v) is 2.71. The summed E-state index contributed by atoms with van der Waals surface area (Å²) in [5, 5.41) is 3.24. The molecule has 0 atom stereocenters.